The van der Waals surface area contributed by atoms with Crippen LogP contribution >= 0.6 is 0 Å². The zero-order valence-electron chi connectivity index (χ0n) is 19.2. The molecule has 2 aliphatic rings. The van der Waals surface area contributed by atoms with E-state index in [9.17, 15) is 23.1 Å². The molecular weight excluding hydrogens is 417 g/mol. The van der Waals surface area contributed by atoms with Crippen LogP contribution in [0.25, 0.3) is 11.0 Å². The lowest BCUT2D eigenvalue weighted by Gasteiger charge is -2.41. The van der Waals surface area contributed by atoms with Gasteiger partial charge >= 0.3 is 6.18 Å². The number of Topliss-reactive ketones (excluding diaryl/α,β-unsaturated/α-hetero) is 1. The van der Waals surface area contributed by atoms with Gasteiger partial charge in [-0.05, 0) is 83.4 Å². The molecular formula is C25H33F3N2O2. The minimum absolute atomic E-state index is 0.0107. The number of unbranched alkanes of at least 4 members (excludes halogenated alkanes) is 1. The molecule has 1 N–H and O–H groups in total. The van der Waals surface area contributed by atoms with Crippen LogP contribution in [0.3, 0.4) is 0 Å². The number of carbonyl (C=O) groups excluding carboxylic acids is 1. The Labute approximate surface area is 187 Å². The number of benzene rings is 1. The molecule has 0 amide bonds. The van der Waals surface area contributed by atoms with E-state index in [1.54, 1.807) is 13.8 Å². The van der Waals surface area contributed by atoms with Gasteiger partial charge in [-0.3, -0.25) is 4.79 Å². The lowest BCUT2D eigenvalue weighted by Crippen LogP contribution is -2.38. The van der Waals surface area contributed by atoms with Crippen molar-refractivity contribution in [2.45, 2.75) is 102 Å². The summed E-state index contributed by atoms with van der Waals surface area (Å²) in [7, 11) is 0. The molecule has 1 aromatic carbocycles. The second kappa shape index (κ2) is 7.86. The molecule has 0 unspecified atom stereocenters. The van der Waals surface area contributed by atoms with Crippen molar-refractivity contribution in [3.05, 3.63) is 29.6 Å². The quantitative estimate of drug-likeness (QED) is 0.464. The van der Waals surface area contributed by atoms with Crippen LogP contribution in [0.5, 0.6) is 0 Å². The summed E-state index contributed by atoms with van der Waals surface area (Å²) in [6.07, 6.45) is 0.973. The molecule has 176 valence electrons. The number of rotatable bonds is 9. The standard InChI is InChI=1S/C25H33F3N2O2/c1-22(2,32)17-9-10-19-20(15-17)30(23(3)11-6-12-23)21(29-19)8-5-4-7-18(31)16-24(13-14-24)25(26,27)28/h9-10,15,32H,4-8,11-14,16H2,1-3H3. The van der Waals surface area contributed by atoms with Gasteiger partial charge in [0, 0.05) is 24.8 Å². The predicted octanol–water partition coefficient (Wildman–Crippen LogP) is 6.18. The first-order valence-corrected chi connectivity index (χ1v) is 11.7. The highest BCUT2D eigenvalue weighted by atomic mass is 19.4. The van der Waals surface area contributed by atoms with E-state index in [4.69, 9.17) is 4.98 Å². The minimum Gasteiger partial charge on any atom is -0.386 e. The number of aliphatic hydroxyl groups is 1. The number of alkyl halides is 3. The van der Waals surface area contributed by atoms with Gasteiger partial charge in [-0.25, -0.2) is 4.98 Å². The third-order valence-electron chi connectivity index (χ3n) is 7.50. The number of hydrogen-bond acceptors (Lipinski definition) is 3. The molecule has 0 spiro atoms. The zero-order valence-corrected chi connectivity index (χ0v) is 19.2. The Morgan fingerprint density at radius 3 is 2.38 bits per heavy atom. The van der Waals surface area contributed by atoms with Crippen molar-refractivity contribution < 1.29 is 23.1 Å². The van der Waals surface area contributed by atoms with Crippen molar-refractivity contribution in [1.82, 2.24) is 9.55 Å². The Bertz CT molecular complexity index is 1010. The Hall–Kier alpha value is -1.89. The van der Waals surface area contributed by atoms with Gasteiger partial charge in [-0.1, -0.05) is 6.07 Å². The monoisotopic (exact) mass is 450 g/mol. The van der Waals surface area contributed by atoms with Crippen LogP contribution in [0.15, 0.2) is 18.2 Å². The van der Waals surface area contributed by atoms with E-state index in [2.05, 4.69) is 11.5 Å². The van der Waals surface area contributed by atoms with Crippen LogP contribution < -0.4 is 0 Å². The average Bonchev–Trinajstić information content (AvgIpc) is 3.35. The van der Waals surface area contributed by atoms with Gasteiger partial charge in [0.15, 0.2) is 0 Å². The maximum Gasteiger partial charge on any atom is 0.394 e. The lowest BCUT2D eigenvalue weighted by molar-refractivity contribution is -0.190. The summed E-state index contributed by atoms with van der Waals surface area (Å²) in [5.41, 5.74) is 0.0412. The molecule has 32 heavy (non-hydrogen) atoms. The van der Waals surface area contributed by atoms with Crippen molar-refractivity contribution in [2.75, 3.05) is 0 Å². The molecule has 2 saturated carbocycles. The van der Waals surface area contributed by atoms with Crippen LogP contribution in [0.1, 0.15) is 89.9 Å². The fourth-order valence-corrected chi connectivity index (χ4v) is 4.97. The second-order valence-electron chi connectivity index (χ2n) is 10.7. The van der Waals surface area contributed by atoms with Crippen LogP contribution in [0.2, 0.25) is 0 Å². The number of aromatic nitrogens is 2. The Balaban J connectivity index is 1.45. The summed E-state index contributed by atoms with van der Waals surface area (Å²) in [6, 6.07) is 5.87. The number of hydrogen-bond donors (Lipinski definition) is 1. The maximum absolute atomic E-state index is 13.1. The van der Waals surface area contributed by atoms with E-state index in [1.165, 1.54) is 0 Å². The molecule has 2 aromatic rings. The predicted molar refractivity (Wildman–Crippen MR) is 117 cm³/mol. The molecule has 2 aliphatic carbocycles. The molecule has 0 radical (unpaired) electrons. The fourth-order valence-electron chi connectivity index (χ4n) is 4.97. The lowest BCUT2D eigenvalue weighted by atomic mass is 9.78. The molecule has 7 heteroatoms. The van der Waals surface area contributed by atoms with Gasteiger partial charge in [-0.15, -0.1) is 0 Å². The minimum atomic E-state index is -4.27. The number of carbonyl (C=O) groups is 1. The van der Waals surface area contributed by atoms with Gasteiger partial charge in [0.1, 0.15) is 11.6 Å². The smallest absolute Gasteiger partial charge is 0.386 e. The normalized spacial score (nSPS) is 19.7. The highest BCUT2D eigenvalue weighted by molar-refractivity contribution is 5.79. The van der Waals surface area contributed by atoms with E-state index < -0.39 is 17.2 Å². The molecule has 2 fully saturated rings. The summed E-state index contributed by atoms with van der Waals surface area (Å²) in [5, 5.41) is 10.4. The number of nitrogens with zero attached hydrogens (tertiary/aromatic N) is 2. The third kappa shape index (κ3) is 4.33. The van der Waals surface area contributed by atoms with Crippen LogP contribution in [-0.2, 0) is 22.4 Å². The summed E-state index contributed by atoms with van der Waals surface area (Å²) in [4.78, 5) is 17.0. The van der Waals surface area contributed by atoms with E-state index in [0.29, 0.717) is 19.3 Å². The zero-order chi connectivity index (χ0) is 23.4. The van der Waals surface area contributed by atoms with Gasteiger partial charge in [0.2, 0.25) is 0 Å². The first-order chi connectivity index (χ1) is 14.8. The topological polar surface area (TPSA) is 55.1 Å². The van der Waals surface area contributed by atoms with Crippen molar-refractivity contribution in [1.29, 1.82) is 0 Å². The molecule has 0 atom stereocenters. The fraction of sp³-hybridized carbons (Fsp3) is 0.680. The first-order valence-electron chi connectivity index (χ1n) is 11.7. The molecule has 0 bridgehead atoms. The van der Waals surface area contributed by atoms with Crippen molar-refractivity contribution in [3.8, 4) is 0 Å². The SMILES string of the molecule is CC(C)(O)c1ccc2nc(CCCCC(=O)CC3(C(F)(F)F)CC3)n(C3(C)CCC3)c2c1. The van der Waals surface area contributed by atoms with Crippen molar-refractivity contribution in [2.24, 2.45) is 5.41 Å². The number of fused-ring (bicyclic) bond motifs is 1. The van der Waals surface area contributed by atoms with Gasteiger partial charge in [0.05, 0.1) is 22.0 Å². The van der Waals surface area contributed by atoms with E-state index in [0.717, 1.165) is 41.7 Å². The Kier molecular flexibility index (Phi) is 5.71. The van der Waals surface area contributed by atoms with E-state index in [1.807, 2.05) is 18.2 Å². The molecule has 1 heterocycles. The van der Waals surface area contributed by atoms with Crippen LogP contribution in [-0.4, -0.2) is 26.6 Å². The maximum atomic E-state index is 13.1. The molecule has 0 aliphatic heterocycles. The summed E-state index contributed by atoms with van der Waals surface area (Å²) < 4.78 is 41.6. The highest BCUT2D eigenvalue weighted by Gasteiger charge is 2.63. The summed E-state index contributed by atoms with van der Waals surface area (Å²) in [6.45, 7) is 5.76. The number of halogens is 3. The van der Waals surface area contributed by atoms with Crippen LogP contribution in [0.4, 0.5) is 13.2 Å². The summed E-state index contributed by atoms with van der Waals surface area (Å²) >= 11 is 0. The van der Waals surface area contributed by atoms with Gasteiger partial charge in [0.25, 0.3) is 0 Å². The number of ketones is 1. The van der Waals surface area contributed by atoms with E-state index >= 15 is 0 Å². The number of aryl methyl sites for hydroxylation is 1. The highest BCUT2D eigenvalue weighted by Crippen LogP contribution is 2.60. The van der Waals surface area contributed by atoms with E-state index in [-0.39, 0.29) is 37.0 Å². The molecule has 1 aromatic heterocycles. The number of imidazole rings is 1. The van der Waals surface area contributed by atoms with Gasteiger partial charge in [-0.2, -0.15) is 13.2 Å². The molecule has 4 rings (SSSR count). The van der Waals surface area contributed by atoms with Gasteiger partial charge < -0.3 is 9.67 Å². The Morgan fingerprint density at radius 2 is 1.84 bits per heavy atom. The largest absolute Gasteiger partial charge is 0.394 e. The second-order valence-corrected chi connectivity index (χ2v) is 10.7. The van der Waals surface area contributed by atoms with Crippen molar-refractivity contribution in [3.63, 3.8) is 0 Å². The Morgan fingerprint density at radius 1 is 1.16 bits per heavy atom. The van der Waals surface area contributed by atoms with Crippen molar-refractivity contribution >= 4 is 16.8 Å². The molecule has 0 saturated heterocycles. The first kappa shape index (κ1) is 23.3. The summed E-state index contributed by atoms with van der Waals surface area (Å²) in [5.74, 6) is 0.672. The third-order valence-corrected chi connectivity index (χ3v) is 7.50. The average molecular weight is 451 g/mol. The van der Waals surface area contributed by atoms with Crippen LogP contribution in [0, 0.1) is 5.41 Å². The molecule has 4 nitrogen and oxygen atoms in total.